The number of azo groups is 1. The summed E-state index contributed by atoms with van der Waals surface area (Å²) in [7, 11) is 0. The third-order valence-corrected chi connectivity index (χ3v) is 1.71. The maximum Gasteiger partial charge on any atom is 0.437 e. The lowest BCUT2D eigenvalue weighted by Gasteiger charge is -1.96. The second-order valence-corrected chi connectivity index (χ2v) is 2.85. The van der Waals surface area contributed by atoms with Crippen molar-refractivity contribution in [3.8, 4) is 0 Å². The highest BCUT2D eigenvalue weighted by molar-refractivity contribution is 6.31. The molecule has 15 heavy (non-hydrogen) atoms. The van der Waals surface area contributed by atoms with Crippen LogP contribution in [0.15, 0.2) is 14.4 Å². The van der Waals surface area contributed by atoms with Gasteiger partial charge in [-0.2, -0.15) is 0 Å². The Kier molecular flexibility index (Phi) is 2.47. The zero-order valence-electron chi connectivity index (χ0n) is 6.66. The standard InChI is InChI=1S/C4Cl2N6O3/c5-1-3(10-14-8-1)7-12(13)4-2(6)9-15-11-4. The second-order valence-electron chi connectivity index (χ2n) is 2.13. The summed E-state index contributed by atoms with van der Waals surface area (Å²) < 4.78 is 8.40. The van der Waals surface area contributed by atoms with Crippen LogP contribution in [-0.2, 0) is 0 Å². The molecule has 0 aliphatic rings. The van der Waals surface area contributed by atoms with Crippen LogP contribution in [-0.4, -0.2) is 25.5 Å². The van der Waals surface area contributed by atoms with Gasteiger partial charge in [-0.1, -0.05) is 16.7 Å². The monoisotopic (exact) mass is 250 g/mol. The molecule has 0 bridgehead atoms. The van der Waals surface area contributed by atoms with Gasteiger partial charge in [-0.05, 0) is 27.1 Å². The molecule has 0 aliphatic heterocycles. The van der Waals surface area contributed by atoms with Gasteiger partial charge >= 0.3 is 5.82 Å². The SMILES string of the molecule is [O-][N+](=Nc1nonc1Cl)c1nonc1Cl. The lowest BCUT2D eigenvalue weighted by atomic mass is 10.7. The molecular weight excluding hydrogens is 251 g/mol. The molecule has 0 spiro atoms. The summed E-state index contributed by atoms with van der Waals surface area (Å²) in [6.07, 6.45) is 0. The summed E-state index contributed by atoms with van der Waals surface area (Å²) >= 11 is 10.9. The quantitative estimate of drug-likeness (QED) is 0.452. The van der Waals surface area contributed by atoms with E-state index < -0.39 is 0 Å². The molecule has 2 rings (SSSR count). The van der Waals surface area contributed by atoms with Crippen molar-refractivity contribution in [3.05, 3.63) is 15.5 Å². The Bertz CT molecular complexity index is 506. The summed E-state index contributed by atoms with van der Waals surface area (Å²) in [6, 6.07) is 0. The van der Waals surface area contributed by atoms with E-state index in [4.69, 9.17) is 23.2 Å². The summed E-state index contributed by atoms with van der Waals surface area (Å²) in [5, 5.41) is 27.1. The number of aromatic nitrogens is 4. The van der Waals surface area contributed by atoms with Crippen LogP contribution in [0.4, 0.5) is 11.6 Å². The predicted molar refractivity (Wildman–Crippen MR) is 44.0 cm³/mol. The van der Waals surface area contributed by atoms with Gasteiger partial charge in [0.15, 0.2) is 5.16 Å². The van der Waals surface area contributed by atoms with Crippen LogP contribution < -0.4 is 0 Å². The molecule has 9 nitrogen and oxygen atoms in total. The van der Waals surface area contributed by atoms with Crippen molar-refractivity contribution in [1.29, 1.82) is 0 Å². The van der Waals surface area contributed by atoms with Gasteiger partial charge in [-0.3, -0.25) is 0 Å². The maximum atomic E-state index is 11.3. The van der Waals surface area contributed by atoms with Crippen LogP contribution >= 0.6 is 23.2 Å². The zero-order chi connectivity index (χ0) is 10.8. The highest BCUT2D eigenvalue weighted by Crippen LogP contribution is 2.23. The van der Waals surface area contributed by atoms with Gasteiger partial charge in [0.25, 0.3) is 11.0 Å². The van der Waals surface area contributed by atoms with Gasteiger partial charge in [0, 0.05) is 0 Å². The number of hydrogen-bond donors (Lipinski definition) is 0. The van der Waals surface area contributed by atoms with E-state index in [1.165, 1.54) is 0 Å². The Morgan fingerprint density at radius 2 is 1.73 bits per heavy atom. The third-order valence-electron chi connectivity index (χ3n) is 1.23. The minimum Gasteiger partial charge on any atom is -0.690 e. The van der Waals surface area contributed by atoms with Crippen molar-refractivity contribution in [2.24, 2.45) is 5.11 Å². The fraction of sp³-hybridized carbons (Fsp3) is 0. The number of nitrogens with zero attached hydrogens (tertiary/aromatic N) is 6. The topological polar surface area (TPSA) is 116 Å². The molecule has 2 aromatic heterocycles. The Labute approximate surface area is 90.8 Å². The van der Waals surface area contributed by atoms with Crippen LogP contribution in [0.3, 0.4) is 0 Å². The molecule has 0 amide bonds. The van der Waals surface area contributed by atoms with E-state index in [2.05, 4.69) is 35.0 Å². The Morgan fingerprint density at radius 3 is 2.27 bits per heavy atom. The van der Waals surface area contributed by atoms with Gasteiger partial charge in [0.2, 0.25) is 5.15 Å². The Hall–Kier alpha value is -1.74. The van der Waals surface area contributed by atoms with E-state index in [0.29, 0.717) is 0 Å². The largest absolute Gasteiger partial charge is 0.690 e. The average molecular weight is 251 g/mol. The van der Waals surface area contributed by atoms with Crippen molar-refractivity contribution in [1.82, 2.24) is 20.6 Å². The van der Waals surface area contributed by atoms with Crippen LogP contribution in [0, 0.1) is 5.21 Å². The Balaban J connectivity index is 2.37. The lowest BCUT2D eigenvalue weighted by Crippen LogP contribution is -1.91. The molecule has 0 saturated carbocycles. The predicted octanol–water partition coefficient (Wildman–Crippen LogP) is 1.69. The maximum absolute atomic E-state index is 11.3. The lowest BCUT2D eigenvalue weighted by molar-refractivity contribution is -0.441. The minimum atomic E-state index is -0.323. The fourth-order valence-corrected chi connectivity index (χ4v) is 0.894. The molecule has 2 aromatic rings. The molecule has 0 atom stereocenters. The van der Waals surface area contributed by atoms with Crippen molar-refractivity contribution >= 4 is 34.8 Å². The summed E-state index contributed by atoms with van der Waals surface area (Å²) in [6.45, 7) is 0. The minimum absolute atomic E-state index is 0.0320. The first-order valence-corrected chi connectivity index (χ1v) is 4.09. The highest BCUT2D eigenvalue weighted by Gasteiger charge is 2.20. The molecule has 0 unspecified atom stereocenters. The van der Waals surface area contributed by atoms with Gasteiger partial charge in [0.1, 0.15) is 0 Å². The molecule has 78 valence electrons. The second kappa shape index (κ2) is 3.79. The Morgan fingerprint density at radius 1 is 1.07 bits per heavy atom. The van der Waals surface area contributed by atoms with Gasteiger partial charge in [-0.25, -0.2) is 4.63 Å². The molecule has 11 heteroatoms. The first kappa shape index (κ1) is 9.80. The first-order chi connectivity index (χ1) is 7.18. The number of rotatable bonds is 2. The summed E-state index contributed by atoms with van der Waals surface area (Å²) in [5.74, 6) is -0.526. The normalized spacial score (nSPS) is 12.0. The van der Waals surface area contributed by atoms with E-state index >= 15 is 0 Å². The molecule has 0 aliphatic carbocycles. The van der Waals surface area contributed by atoms with E-state index in [9.17, 15) is 5.21 Å². The van der Waals surface area contributed by atoms with Gasteiger partial charge < -0.3 is 5.21 Å². The first-order valence-electron chi connectivity index (χ1n) is 3.33. The van der Waals surface area contributed by atoms with Crippen LogP contribution in [0.5, 0.6) is 0 Å². The third kappa shape index (κ3) is 1.87. The molecule has 0 N–H and O–H groups in total. The van der Waals surface area contributed by atoms with Gasteiger partial charge in [-0.15, -0.1) is 9.49 Å². The van der Waals surface area contributed by atoms with E-state index in [0.717, 1.165) is 0 Å². The van der Waals surface area contributed by atoms with E-state index in [1.807, 2.05) is 0 Å². The smallest absolute Gasteiger partial charge is 0.437 e. The van der Waals surface area contributed by atoms with Crippen molar-refractivity contribution in [2.75, 3.05) is 0 Å². The summed E-state index contributed by atoms with van der Waals surface area (Å²) in [4.78, 5) is 0.0320. The average Bonchev–Trinajstić information content (AvgIpc) is 2.76. The number of hydrogen-bond acceptors (Lipinski definition) is 8. The van der Waals surface area contributed by atoms with Crippen molar-refractivity contribution in [2.45, 2.75) is 0 Å². The van der Waals surface area contributed by atoms with Gasteiger partial charge in [0.05, 0.1) is 0 Å². The van der Waals surface area contributed by atoms with Crippen LogP contribution in [0.1, 0.15) is 0 Å². The molecular formula is C4Cl2N6O3. The van der Waals surface area contributed by atoms with E-state index in [1.54, 1.807) is 0 Å². The summed E-state index contributed by atoms with van der Waals surface area (Å²) in [5.41, 5.74) is 0. The van der Waals surface area contributed by atoms with Crippen molar-refractivity contribution in [3.63, 3.8) is 0 Å². The van der Waals surface area contributed by atoms with Crippen molar-refractivity contribution < 1.29 is 14.1 Å². The zero-order valence-corrected chi connectivity index (χ0v) is 8.18. The van der Waals surface area contributed by atoms with E-state index in [-0.39, 0.29) is 26.8 Å². The highest BCUT2D eigenvalue weighted by atomic mass is 35.5. The van der Waals surface area contributed by atoms with Crippen LogP contribution in [0.2, 0.25) is 10.3 Å². The molecule has 0 fully saturated rings. The van der Waals surface area contributed by atoms with Crippen LogP contribution in [0.25, 0.3) is 0 Å². The fourth-order valence-electron chi connectivity index (χ4n) is 0.654. The molecule has 0 aromatic carbocycles. The molecule has 2 heterocycles. The molecule has 0 saturated heterocycles. The number of halogens is 2. The molecule has 0 radical (unpaired) electrons.